The largest absolute Gasteiger partial charge is 0.485 e. The van der Waals surface area contributed by atoms with Crippen LogP contribution in [-0.4, -0.2) is 88.4 Å². The molecule has 2 N–H and O–H groups in total. The molecule has 10 nitrogen and oxygen atoms in total. The molecule has 232 valence electrons. The second-order valence-corrected chi connectivity index (χ2v) is 18.2. The minimum absolute atomic E-state index is 0.0280. The maximum atomic E-state index is 13.1. The molecule has 3 amide bonds. The third-order valence-electron chi connectivity index (χ3n) is 7.07. The van der Waals surface area contributed by atoms with E-state index in [0.717, 1.165) is 35.3 Å². The predicted molar refractivity (Wildman–Crippen MR) is 169 cm³/mol. The van der Waals surface area contributed by atoms with Crippen LogP contribution in [0.15, 0.2) is 41.8 Å². The summed E-state index contributed by atoms with van der Waals surface area (Å²) in [6, 6.07) is 13.0. The topological polar surface area (TPSA) is 115 Å². The van der Waals surface area contributed by atoms with Crippen LogP contribution in [0.3, 0.4) is 0 Å². The molecule has 1 saturated heterocycles. The van der Waals surface area contributed by atoms with E-state index in [9.17, 15) is 14.4 Å². The number of ether oxygens (including phenoxy) is 3. The predicted octanol–water partition coefficient (Wildman–Crippen LogP) is 5.58. The van der Waals surface area contributed by atoms with Crippen LogP contribution in [0, 0.1) is 0 Å². The Kier molecular flexibility index (Phi) is 13.0. The highest BCUT2D eigenvalue weighted by Crippen LogP contribution is 2.31. The second kappa shape index (κ2) is 16.4. The number of anilines is 1. The van der Waals surface area contributed by atoms with Gasteiger partial charge in [-0.2, -0.15) is 0 Å². The van der Waals surface area contributed by atoms with Crippen molar-refractivity contribution in [2.24, 2.45) is 5.73 Å². The third kappa shape index (κ3) is 11.2. The number of likely N-dealkylation sites (N-methyl/N-ethyl adjacent to an activating group) is 1. The van der Waals surface area contributed by atoms with Crippen molar-refractivity contribution in [2.75, 3.05) is 57.4 Å². The highest BCUT2D eigenvalue weighted by molar-refractivity contribution is 7.10. The Hall–Kier alpha value is -3.25. The lowest BCUT2D eigenvalue weighted by Gasteiger charge is -2.27. The first kappa shape index (κ1) is 33.3. The van der Waals surface area contributed by atoms with Crippen molar-refractivity contribution >= 4 is 43.2 Å². The van der Waals surface area contributed by atoms with Gasteiger partial charge in [-0.15, -0.1) is 11.3 Å². The van der Waals surface area contributed by atoms with E-state index in [1.807, 2.05) is 47.5 Å². The lowest BCUT2D eigenvalue weighted by Crippen LogP contribution is -2.44. The summed E-state index contributed by atoms with van der Waals surface area (Å²) in [5.41, 5.74) is 6.11. The van der Waals surface area contributed by atoms with E-state index in [4.69, 9.17) is 19.9 Å². The molecule has 1 unspecified atom stereocenters. The number of carbonyl (C=O) groups excluding carboxylic acids is 3. The van der Waals surface area contributed by atoms with Gasteiger partial charge in [0.2, 0.25) is 5.91 Å². The first-order valence-corrected chi connectivity index (χ1v) is 19.3. The first-order chi connectivity index (χ1) is 20.1. The number of thiophene rings is 1. The first-order valence-electron chi connectivity index (χ1n) is 14.7. The smallest absolute Gasteiger partial charge is 0.410 e. The van der Waals surface area contributed by atoms with Crippen LogP contribution in [0.2, 0.25) is 25.7 Å². The van der Waals surface area contributed by atoms with Crippen LogP contribution >= 0.6 is 11.3 Å². The molecule has 0 bridgehead atoms. The molecule has 3 rings (SSSR count). The zero-order chi connectivity index (χ0) is 30.5. The standard InChI is InChI=1S/C30H46N4O6SSi/c1-5-32(30(37)39-19-21-42(2,3)4)23-28(35)34-15-9-14-33(16-17-34)24-10-6-11-25(22-24)40-26(27-13-8-20-41-27)12-7-18-38-29(31)36/h6,8,10-11,13,20,22,26H,5,7,9,12,14-19,21,23H2,1-4H3,(H2,31,36). The average molecular weight is 619 g/mol. The summed E-state index contributed by atoms with van der Waals surface area (Å²) in [5.74, 6) is 0.696. The number of primary amides is 1. The Morgan fingerprint density at radius 3 is 2.55 bits per heavy atom. The summed E-state index contributed by atoms with van der Waals surface area (Å²) in [6.07, 6.45) is 0.775. The molecule has 12 heteroatoms. The quantitative estimate of drug-likeness (QED) is 0.217. The van der Waals surface area contributed by atoms with Gasteiger partial charge in [0.1, 0.15) is 18.4 Å². The molecule has 1 aromatic heterocycles. The molecule has 0 radical (unpaired) electrons. The van der Waals surface area contributed by atoms with Gasteiger partial charge < -0.3 is 29.7 Å². The molecule has 1 atom stereocenters. The number of amides is 3. The van der Waals surface area contributed by atoms with E-state index in [2.05, 4.69) is 30.6 Å². The highest BCUT2D eigenvalue weighted by Gasteiger charge is 2.24. The van der Waals surface area contributed by atoms with Crippen LogP contribution in [0.4, 0.5) is 15.3 Å². The van der Waals surface area contributed by atoms with Crippen molar-refractivity contribution in [1.29, 1.82) is 0 Å². The van der Waals surface area contributed by atoms with E-state index in [-0.39, 0.29) is 25.2 Å². The van der Waals surface area contributed by atoms with Gasteiger partial charge in [0.05, 0.1) is 13.2 Å². The SMILES string of the molecule is CCN(CC(=O)N1CCCN(c2cccc(OC(CCCOC(N)=O)c3cccs3)c2)CC1)C(=O)OCC[Si](C)(C)C. The zero-order valence-electron chi connectivity index (χ0n) is 25.4. The monoisotopic (exact) mass is 618 g/mol. The fraction of sp³-hybridized carbons (Fsp3) is 0.567. The average Bonchev–Trinajstić information content (AvgIpc) is 3.36. The van der Waals surface area contributed by atoms with Crippen LogP contribution in [0.5, 0.6) is 5.75 Å². The lowest BCUT2D eigenvalue weighted by molar-refractivity contribution is -0.131. The van der Waals surface area contributed by atoms with Crippen molar-refractivity contribution in [1.82, 2.24) is 9.80 Å². The summed E-state index contributed by atoms with van der Waals surface area (Å²) in [5, 5.41) is 2.02. The molecular formula is C30H46N4O6SSi. The van der Waals surface area contributed by atoms with Gasteiger partial charge in [-0.3, -0.25) is 9.69 Å². The van der Waals surface area contributed by atoms with E-state index < -0.39 is 20.3 Å². The maximum absolute atomic E-state index is 13.1. The van der Waals surface area contributed by atoms with Gasteiger partial charge in [-0.1, -0.05) is 31.8 Å². The van der Waals surface area contributed by atoms with Gasteiger partial charge in [0.25, 0.3) is 0 Å². The summed E-state index contributed by atoms with van der Waals surface area (Å²) in [4.78, 5) is 43.3. The van der Waals surface area contributed by atoms with Crippen molar-refractivity contribution in [3.8, 4) is 5.75 Å². The summed E-state index contributed by atoms with van der Waals surface area (Å²) in [6.45, 7) is 12.4. The molecule has 2 heterocycles. The van der Waals surface area contributed by atoms with Crippen molar-refractivity contribution in [3.63, 3.8) is 0 Å². The Bertz CT molecular complexity index is 1140. The van der Waals surface area contributed by atoms with Gasteiger partial charge in [0.15, 0.2) is 0 Å². The number of benzene rings is 1. The van der Waals surface area contributed by atoms with Crippen LogP contribution < -0.4 is 15.4 Å². The van der Waals surface area contributed by atoms with E-state index in [0.29, 0.717) is 45.6 Å². The summed E-state index contributed by atoms with van der Waals surface area (Å²) >= 11 is 1.63. The van der Waals surface area contributed by atoms with E-state index >= 15 is 0 Å². The van der Waals surface area contributed by atoms with Gasteiger partial charge >= 0.3 is 12.2 Å². The molecule has 1 aromatic carbocycles. The number of nitrogens with two attached hydrogens (primary N) is 1. The second-order valence-electron chi connectivity index (χ2n) is 11.6. The Balaban J connectivity index is 1.55. The fourth-order valence-corrected chi connectivity index (χ4v) is 6.13. The van der Waals surface area contributed by atoms with Gasteiger partial charge in [-0.05, 0) is 55.8 Å². The van der Waals surface area contributed by atoms with Crippen LogP contribution in [-0.2, 0) is 14.3 Å². The number of nitrogens with zero attached hydrogens (tertiary/aromatic N) is 3. The Morgan fingerprint density at radius 2 is 1.86 bits per heavy atom. The number of rotatable bonds is 14. The minimum atomic E-state index is -1.30. The Labute approximate surface area is 254 Å². The van der Waals surface area contributed by atoms with E-state index in [1.54, 1.807) is 11.3 Å². The molecule has 42 heavy (non-hydrogen) atoms. The molecule has 1 aliphatic rings. The van der Waals surface area contributed by atoms with Crippen molar-refractivity contribution in [3.05, 3.63) is 46.7 Å². The number of hydrogen-bond acceptors (Lipinski definition) is 8. The van der Waals surface area contributed by atoms with Crippen LogP contribution in [0.25, 0.3) is 0 Å². The summed E-state index contributed by atoms with van der Waals surface area (Å²) < 4.78 is 16.8. The maximum Gasteiger partial charge on any atom is 0.410 e. The lowest BCUT2D eigenvalue weighted by atomic mass is 10.1. The van der Waals surface area contributed by atoms with Crippen molar-refractivity contribution in [2.45, 2.75) is 58.0 Å². The molecular weight excluding hydrogens is 573 g/mol. The number of hydrogen-bond donors (Lipinski definition) is 1. The number of carbonyl (C=O) groups is 3. The fourth-order valence-electron chi connectivity index (χ4n) is 4.62. The molecule has 0 spiro atoms. The van der Waals surface area contributed by atoms with Crippen LogP contribution in [0.1, 0.15) is 37.2 Å². The Morgan fingerprint density at radius 1 is 1.05 bits per heavy atom. The van der Waals surface area contributed by atoms with E-state index in [1.165, 1.54) is 4.90 Å². The van der Waals surface area contributed by atoms with Gasteiger partial charge in [-0.25, -0.2) is 9.59 Å². The molecule has 2 aromatic rings. The third-order valence-corrected chi connectivity index (χ3v) is 9.74. The normalized spacial score (nSPS) is 14.6. The van der Waals surface area contributed by atoms with Crippen molar-refractivity contribution < 1.29 is 28.6 Å². The molecule has 0 aliphatic carbocycles. The molecule has 1 fully saturated rings. The highest BCUT2D eigenvalue weighted by atomic mass is 32.1. The minimum Gasteiger partial charge on any atom is -0.485 e. The van der Waals surface area contributed by atoms with Gasteiger partial charge in [0, 0.05) is 57.4 Å². The zero-order valence-corrected chi connectivity index (χ0v) is 27.2. The summed E-state index contributed by atoms with van der Waals surface area (Å²) in [7, 11) is -1.30. The molecule has 1 aliphatic heterocycles. The molecule has 0 saturated carbocycles.